The van der Waals surface area contributed by atoms with Gasteiger partial charge in [-0.1, -0.05) is 0 Å². The maximum Gasteiger partial charge on any atom is 0.573 e. The molecule has 38 heavy (non-hydrogen) atoms. The second-order valence-electron chi connectivity index (χ2n) is 8.50. The number of aromatic nitrogens is 5. The Balaban J connectivity index is 1.25. The smallest absolute Gasteiger partial charge is 0.467 e. The number of ether oxygens (including phenoxy) is 2. The van der Waals surface area contributed by atoms with E-state index in [9.17, 15) is 21.6 Å². The van der Waals surface area contributed by atoms with E-state index in [1.807, 2.05) is 6.07 Å². The van der Waals surface area contributed by atoms with Gasteiger partial charge in [0.1, 0.15) is 23.5 Å². The van der Waals surface area contributed by atoms with Crippen molar-refractivity contribution in [3.8, 4) is 23.0 Å². The highest BCUT2D eigenvalue weighted by Gasteiger charge is 2.31. The second kappa shape index (κ2) is 10.1. The summed E-state index contributed by atoms with van der Waals surface area (Å²) in [7, 11) is -2.44. The number of fused-ring (bicyclic) bond motifs is 1. The van der Waals surface area contributed by atoms with E-state index in [-0.39, 0.29) is 16.9 Å². The number of nitrogens with zero attached hydrogens (tertiary/aromatic N) is 5. The molecule has 1 fully saturated rings. The van der Waals surface area contributed by atoms with Crippen molar-refractivity contribution in [2.24, 2.45) is 0 Å². The summed E-state index contributed by atoms with van der Waals surface area (Å²) in [6.07, 6.45) is 0.890. The molecule has 3 aromatic heterocycles. The molecule has 0 bridgehead atoms. The van der Waals surface area contributed by atoms with Gasteiger partial charge in [0.2, 0.25) is 10.0 Å². The zero-order valence-corrected chi connectivity index (χ0v) is 20.8. The molecule has 4 heterocycles. The van der Waals surface area contributed by atoms with Gasteiger partial charge in [-0.25, -0.2) is 33.1 Å². The monoisotopic (exact) mass is 549 g/mol. The fourth-order valence-corrected chi connectivity index (χ4v) is 5.52. The number of sulfonamides is 1. The number of halogens is 3. The van der Waals surface area contributed by atoms with Crippen molar-refractivity contribution in [3.05, 3.63) is 49.1 Å². The summed E-state index contributed by atoms with van der Waals surface area (Å²) >= 11 is 0. The molecule has 0 saturated carbocycles. The Morgan fingerprint density at radius 1 is 1.05 bits per heavy atom. The van der Waals surface area contributed by atoms with Crippen LogP contribution in [0.4, 0.5) is 19.0 Å². The second-order valence-corrected chi connectivity index (χ2v) is 10.2. The molecule has 0 unspecified atom stereocenters. The molecule has 1 aliphatic heterocycles. The average molecular weight is 550 g/mol. The summed E-state index contributed by atoms with van der Waals surface area (Å²) in [6, 6.07) is 5.91. The number of H-pyrrole nitrogens is 1. The maximum absolute atomic E-state index is 12.8. The minimum absolute atomic E-state index is 0.144. The highest BCUT2D eigenvalue weighted by atomic mass is 32.2. The molecule has 2 N–H and O–H groups in total. The van der Waals surface area contributed by atoms with E-state index in [0.717, 1.165) is 40.9 Å². The number of aromatic amines is 1. The van der Waals surface area contributed by atoms with Crippen molar-refractivity contribution in [3.63, 3.8) is 0 Å². The van der Waals surface area contributed by atoms with Crippen molar-refractivity contribution < 1.29 is 31.1 Å². The lowest BCUT2D eigenvalue weighted by Gasteiger charge is -2.33. The van der Waals surface area contributed by atoms with E-state index in [2.05, 4.69) is 39.3 Å². The summed E-state index contributed by atoms with van der Waals surface area (Å²) in [4.78, 5) is 22.2. The molecule has 0 atom stereocenters. The van der Waals surface area contributed by atoms with Crippen LogP contribution in [0, 0.1) is 0 Å². The van der Waals surface area contributed by atoms with Crippen molar-refractivity contribution >= 4 is 26.9 Å². The summed E-state index contributed by atoms with van der Waals surface area (Å²) < 4.78 is 74.0. The van der Waals surface area contributed by atoms with E-state index < -0.39 is 22.1 Å². The Hall–Kier alpha value is -3.98. The molecule has 1 saturated heterocycles. The molecule has 11 nitrogen and oxygen atoms in total. The topological polar surface area (TPSA) is 135 Å². The number of piperidine rings is 1. The Morgan fingerprint density at radius 2 is 1.74 bits per heavy atom. The van der Waals surface area contributed by atoms with Gasteiger partial charge in [0.25, 0.3) is 0 Å². The van der Waals surface area contributed by atoms with Gasteiger partial charge >= 0.3 is 12.4 Å². The number of nitrogens with one attached hydrogen (secondary N) is 2. The maximum atomic E-state index is 12.8. The predicted octanol–water partition coefficient (Wildman–Crippen LogP) is 3.27. The van der Waals surface area contributed by atoms with E-state index in [4.69, 9.17) is 4.74 Å². The van der Waals surface area contributed by atoms with Crippen LogP contribution in [0.25, 0.3) is 22.3 Å². The first kappa shape index (κ1) is 25.7. The molecular formula is C23H22F3N7O4S. The number of benzene rings is 1. The first-order valence-corrected chi connectivity index (χ1v) is 12.9. The van der Waals surface area contributed by atoms with Crippen LogP contribution in [-0.4, -0.2) is 65.9 Å². The number of alkyl halides is 3. The molecule has 0 amide bonds. The van der Waals surface area contributed by atoms with E-state index in [1.165, 1.54) is 13.4 Å². The van der Waals surface area contributed by atoms with Crippen LogP contribution in [-0.2, 0) is 10.0 Å². The third-order valence-corrected chi connectivity index (χ3v) is 7.55. The lowest BCUT2D eigenvalue weighted by atomic mass is 10.1. The fourth-order valence-electron chi connectivity index (χ4n) is 4.21. The Labute approximate surface area is 215 Å². The highest BCUT2D eigenvalue weighted by molar-refractivity contribution is 7.89. The van der Waals surface area contributed by atoms with Crippen LogP contribution < -0.4 is 19.1 Å². The molecule has 5 rings (SSSR count). The minimum atomic E-state index is -4.85. The minimum Gasteiger partial charge on any atom is -0.467 e. The van der Waals surface area contributed by atoms with Gasteiger partial charge < -0.3 is 19.4 Å². The zero-order chi connectivity index (χ0) is 26.9. The average Bonchev–Trinajstić information content (AvgIpc) is 3.33. The van der Waals surface area contributed by atoms with Crippen LogP contribution in [0.2, 0.25) is 0 Å². The summed E-state index contributed by atoms with van der Waals surface area (Å²) in [5.74, 6) is 0.224. The highest BCUT2D eigenvalue weighted by Crippen LogP contribution is 2.30. The van der Waals surface area contributed by atoms with Gasteiger partial charge in [0.05, 0.1) is 23.1 Å². The summed E-state index contributed by atoms with van der Waals surface area (Å²) in [6.45, 7) is 1.06. The van der Waals surface area contributed by atoms with Crippen molar-refractivity contribution in [2.75, 3.05) is 25.1 Å². The quantitative estimate of drug-likeness (QED) is 0.356. The van der Waals surface area contributed by atoms with E-state index in [0.29, 0.717) is 37.4 Å². The first-order chi connectivity index (χ1) is 18.1. The fraction of sp³-hybridized carbons (Fsp3) is 0.304. The molecule has 15 heteroatoms. The Kier molecular flexibility index (Phi) is 6.79. The van der Waals surface area contributed by atoms with Crippen LogP contribution in [0.3, 0.4) is 0 Å². The molecule has 0 radical (unpaired) electrons. The third-order valence-electron chi connectivity index (χ3n) is 6.01. The zero-order valence-electron chi connectivity index (χ0n) is 19.9. The molecule has 4 aromatic rings. The third kappa shape index (κ3) is 5.62. The van der Waals surface area contributed by atoms with E-state index in [1.54, 1.807) is 12.4 Å². The summed E-state index contributed by atoms with van der Waals surface area (Å²) in [5, 5.41) is 0.804. The van der Waals surface area contributed by atoms with Gasteiger partial charge in [-0.15, -0.1) is 13.2 Å². The normalized spacial score (nSPS) is 15.1. The number of rotatable bonds is 7. The number of hydrogen-bond donors (Lipinski definition) is 2. The molecule has 200 valence electrons. The first-order valence-electron chi connectivity index (χ1n) is 11.4. The van der Waals surface area contributed by atoms with Gasteiger partial charge in [0, 0.05) is 37.1 Å². The van der Waals surface area contributed by atoms with Crippen molar-refractivity contribution in [1.82, 2.24) is 29.6 Å². The van der Waals surface area contributed by atoms with Crippen LogP contribution in [0.1, 0.15) is 12.8 Å². The van der Waals surface area contributed by atoms with Gasteiger partial charge in [-0.3, -0.25) is 0 Å². The lowest BCUT2D eigenvalue weighted by molar-refractivity contribution is -0.274. The number of methoxy groups -OCH3 is 1. The molecule has 0 aliphatic carbocycles. The van der Waals surface area contributed by atoms with Gasteiger partial charge in [0.15, 0.2) is 0 Å². The van der Waals surface area contributed by atoms with Crippen LogP contribution in [0.5, 0.6) is 11.8 Å². The predicted molar refractivity (Wildman–Crippen MR) is 130 cm³/mol. The molecule has 1 aromatic carbocycles. The van der Waals surface area contributed by atoms with E-state index >= 15 is 0 Å². The van der Waals surface area contributed by atoms with Crippen LogP contribution in [0.15, 0.2) is 53.9 Å². The number of anilines is 1. The molecule has 0 spiro atoms. The van der Waals surface area contributed by atoms with Crippen LogP contribution >= 0.6 is 0 Å². The lowest BCUT2D eigenvalue weighted by Crippen LogP contribution is -2.44. The Bertz CT molecular complexity index is 1520. The van der Waals surface area contributed by atoms with Crippen molar-refractivity contribution in [1.29, 1.82) is 0 Å². The Morgan fingerprint density at radius 3 is 2.37 bits per heavy atom. The molecular weight excluding hydrogens is 527 g/mol. The largest absolute Gasteiger partial charge is 0.573 e. The van der Waals surface area contributed by atoms with Gasteiger partial charge in [-0.2, -0.15) is 0 Å². The molecule has 1 aliphatic rings. The SMILES string of the molecule is COc1ncc(-c2cc3c(N4CCC(NS(=O)(=O)c5ccc(OC(F)(F)F)cc5)CC4)ncnc3[nH]2)cn1. The van der Waals surface area contributed by atoms with Gasteiger partial charge in [-0.05, 0) is 43.2 Å². The standard InChI is InChI=1S/C23H22F3N7O4S/c1-36-22-27-11-14(12-28-22)19-10-18-20(31-19)29-13-30-21(18)33-8-6-15(7-9-33)32-38(34,35)17-4-2-16(3-5-17)37-23(24,25)26/h2-5,10-13,15,32H,6-9H2,1H3,(H,29,30,31). The summed E-state index contributed by atoms with van der Waals surface area (Å²) in [5.41, 5.74) is 2.15. The van der Waals surface area contributed by atoms with Crippen molar-refractivity contribution in [2.45, 2.75) is 30.1 Å². The number of hydrogen-bond acceptors (Lipinski definition) is 9.